The molecular formula is C14H10ClF3N2O2. The quantitative estimate of drug-likeness (QED) is 0.865. The van der Waals surface area contributed by atoms with Crippen LogP contribution in [0, 0.1) is 0 Å². The van der Waals surface area contributed by atoms with Gasteiger partial charge in [-0.1, -0.05) is 17.7 Å². The summed E-state index contributed by atoms with van der Waals surface area (Å²) in [5.41, 5.74) is -1.03. The summed E-state index contributed by atoms with van der Waals surface area (Å²) in [6.45, 7) is 0. The lowest BCUT2D eigenvalue weighted by Gasteiger charge is -2.11. The van der Waals surface area contributed by atoms with E-state index in [4.69, 9.17) is 16.3 Å². The fourth-order valence-electron chi connectivity index (χ4n) is 1.68. The number of nitrogens with zero attached hydrogens (tertiary/aromatic N) is 1. The number of rotatable bonds is 3. The SMILES string of the molecule is COc1cccc(NC(=O)c2cnc(Cl)c(C(F)(F)F)c2)c1. The van der Waals surface area contributed by atoms with Crippen molar-refractivity contribution in [2.75, 3.05) is 12.4 Å². The number of carbonyl (C=O) groups is 1. The molecule has 0 radical (unpaired) electrons. The topological polar surface area (TPSA) is 51.2 Å². The minimum absolute atomic E-state index is 0.250. The number of hydrogen-bond donors (Lipinski definition) is 1. The predicted octanol–water partition coefficient (Wildman–Crippen LogP) is 4.01. The summed E-state index contributed by atoms with van der Waals surface area (Å²) in [6.07, 6.45) is -3.70. The van der Waals surface area contributed by atoms with Crippen LogP contribution in [0.1, 0.15) is 15.9 Å². The fraction of sp³-hybridized carbons (Fsp3) is 0.143. The van der Waals surface area contributed by atoms with Gasteiger partial charge in [0.25, 0.3) is 5.91 Å². The Labute approximate surface area is 128 Å². The number of nitrogens with one attached hydrogen (secondary N) is 1. The van der Waals surface area contributed by atoms with Gasteiger partial charge >= 0.3 is 6.18 Å². The van der Waals surface area contributed by atoms with Crippen LogP contribution in [0.5, 0.6) is 5.75 Å². The lowest BCUT2D eigenvalue weighted by atomic mass is 10.2. The molecule has 1 amide bonds. The first-order valence-corrected chi connectivity index (χ1v) is 6.37. The highest BCUT2D eigenvalue weighted by Crippen LogP contribution is 2.34. The van der Waals surface area contributed by atoms with Crippen molar-refractivity contribution < 1.29 is 22.7 Å². The van der Waals surface area contributed by atoms with E-state index in [0.29, 0.717) is 17.5 Å². The van der Waals surface area contributed by atoms with E-state index >= 15 is 0 Å². The molecule has 116 valence electrons. The second kappa shape index (κ2) is 6.23. The monoisotopic (exact) mass is 330 g/mol. The number of amides is 1. The molecule has 0 aliphatic carbocycles. The Morgan fingerprint density at radius 3 is 2.68 bits per heavy atom. The van der Waals surface area contributed by atoms with Crippen LogP contribution in [0.2, 0.25) is 5.15 Å². The van der Waals surface area contributed by atoms with Crippen LogP contribution in [0.4, 0.5) is 18.9 Å². The summed E-state index contributed by atoms with van der Waals surface area (Å²) >= 11 is 5.41. The molecule has 0 bridgehead atoms. The van der Waals surface area contributed by atoms with Gasteiger partial charge in [0.2, 0.25) is 0 Å². The Balaban J connectivity index is 2.26. The molecule has 0 spiro atoms. The summed E-state index contributed by atoms with van der Waals surface area (Å²) in [6, 6.07) is 7.07. The zero-order valence-corrected chi connectivity index (χ0v) is 12.0. The molecule has 1 aromatic carbocycles. The molecule has 0 saturated carbocycles. The van der Waals surface area contributed by atoms with Crippen LogP contribution in [-0.2, 0) is 6.18 Å². The maximum Gasteiger partial charge on any atom is 0.419 e. The van der Waals surface area contributed by atoms with Gasteiger partial charge < -0.3 is 10.1 Å². The third kappa shape index (κ3) is 3.67. The molecule has 22 heavy (non-hydrogen) atoms. The van der Waals surface area contributed by atoms with Gasteiger partial charge in [-0.3, -0.25) is 4.79 Å². The lowest BCUT2D eigenvalue weighted by molar-refractivity contribution is -0.137. The number of halogens is 4. The lowest BCUT2D eigenvalue weighted by Crippen LogP contribution is -2.15. The molecule has 2 rings (SSSR count). The number of anilines is 1. The van der Waals surface area contributed by atoms with Gasteiger partial charge in [0.1, 0.15) is 10.9 Å². The summed E-state index contributed by atoms with van der Waals surface area (Å²) in [7, 11) is 1.46. The molecule has 0 aliphatic heterocycles. The third-order valence-electron chi connectivity index (χ3n) is 2.73. The first kappa shape index (κ1) is 16.1. The molecule has 0 aliphatic rings. The largest absolute Gasteiger partial charge is 0.497 e. The highest BCUT2D eigenvalue weighted by Gasteiger charge is 2.34. The number of methoxy groups -OCH3 is 1. The number of carbonyl (C=O) groups excluding carboxylic acids is 1. The molecule has 1 heterocycles. The normalized spacial score (nSPS) is 11.1. The second-order valence-corrected chi connectivity index (χ2v) is 4.60. The van der Waals surface area contributed by atoms with Crippen molar-refractivity contribution in [2.24, 2.45) is 0 Å². The smallest absolute Gasteiger partial charge is 0.419 e. The van der Waals surface area contributed by atoms with Gasteiger partial charge in [-0.25, -0.2) is 4.98 Å². The molecule has 2 aromatic rings. The molecule has 0 saturated heterocycles. The second-order valence-electron chi connectivity index (χ2n) is 4.25. The van der Waals surface area contributed by atoms with E-state index in [-0.39, 0.29) is 5.56 Å². The molecule has 0 atom stereocenters. The van der Waals surface area contributed by atoms with E-state index in [9.17, 15) is 18.0 Å². The highest BCUT2D eigenvalue weighted by molar-refractivity contribution is 6.30. The zero-order chi connectivity index (χ0) is 16.3. The predicted molar refractivity (Wildman–Crippen MR) is 75.2 cm³/mol. The Morgan fingerprint density at radius 1 is 1.32 bits per heavy atom. The number of pyridine rings is 1. The van der Waals surface area contributed by atoms with Crippen LogP contribution in [-0.4, -0.2) is 18.0 Å². The van der Waals surface area contributed by atoms with Gasteiger partial charge in [0.05, 0.1) is 18.2 Å². The Morgan fingerprint density at radius 2 is 2.05 bits per heavy atom. The van der Waals surface area contributed by atoms with Gasteiger partial charge in [-0.15, -0.1) is 0 Å². The van der Waals surface area contributed by atoms with Crippen LogP contribution in [0.25, 0.3) is 0 Å². The van der Waals surface area contributed by atoms with E-state index < -0.39 is 22.8 Å². The van der Waals surface area contributed by atoms with Gasteiger partial charge in [0, 0.05) is 18.0 Å². The van der Waals surface area contributed by atoms with Crippen molar-refractivity contribution in [3.63, 3.8) is 0 Å². The van der Waals surface area contributed by atoms with Crippen LogP contribution >= 0.6 is 11.6 Å². The summed E-state index contributed by atoms with van der Waals surface area (Å²) < 4.78 is 43.2. The molecule has 1 N–H and O–H groups in total. The molecule has 4 nitrogen and oxygen atoms in total. The van der Waals surface area contributed by atoms with Gasteiger partial charge in [-0.05, 0) is 18.2 Å². The Bertz CT molecular complexity index is 705. The molecule has 0 fully saturated rings. The van der Waals surface area contributed by atoms with Crippen molar-refractivity contribution in [3.8, 4) is 5.75 Å². The standard InChI is InChI=1S/C14H10ClF3N2O2/c1-22-10-4-2-3-9(6-10)20-13(21)8-5-11(14(16,17)18)12(15)19-7-8/h2-7H,1H3,(H,20,21). The number of benzene rings is 1. The zero-order valence-electron chi connectivity index (χ0n) is 11.2. The minimum Gasteiger partial charge on any atom is -0.497 e. The van der Waals surface area contributed by atoms with Gasteiger partial charge in [0.15, 0.2) is 0 Å². The molecular weight excluding hydrogens is 321 g/mol. The van der Waals surface area contributed by atoms with Crippen molar-refractivity contribution in [2.45, 2.75) is 6.18 Å². The summed E-state index contributed by atoms with van der Waals surface area (Å²) in [5, 5.41) is 1.76. The van der Waals surface area contributed by atoms with Crippen LogP contribution in [0.3, 0.4) is 0 Å². The first-order valence-electron chi connectivity index (χ1n) is 5.99. The molecule has 8 heteroatoms. The number of hydrogen-bond acceptors (Lipinski definition) is 3. The van der Waals surface area contributed by atoms with Crippen molar-refractivity contribution in [1.82, 2.24) is 4.98 Å². The number of aromatic nitrogens is 1. The van der Waals surface area contributed by atoms with Crippen molar-refractivity contribution >= 4 is 23.2 Å². The number of ether oxygens (including phenoxy) is 1. The Hall–Kier alpha value is -2.28. The number of alkyl halides is 3. The molecule has 1 aromatic heterocycles. The fourth-order valence-corrected chi connectivity index (χ4v) is 1.89. The van der Waals surface area contributed by atoms with E-state index in [1.807, 2.05) is 0 Å². The van der Waals surface area contributed by atoms with E-state index in [1.165, 1.54) is 13.2 Å². The average Bonchev–Trinajstić information content (AvgIpc) is 2.46. The maximum atomic E-state index is 12.7. The van der Waals surface area contributed by atoms with Gasteiger partial charge in [-0.2, -0.15) is 13.2 Å². The Kier molecular flexibility index (Phi) is 4.56. The van der Waals surface area contributed by atoms with E-state index in [2.05, 4.69) is 10.3 Å². The van der Waals surface area contributed by atoms with Crippen LogP contribution < -0.4 is 10.1 Å². The van der Waals surface area contributed by atoms with Crippen molar-refractivity contribution in [3.05, 3.63) is 52.8 Å². The molecule has 0 unspecified atom stereocenters. The summed E-state index contributed by atoms with van der Waals surface area (Å²) in [4.78, 5) is 15.4. The minimum atomic E-state index is -4.68. The highest BCUT2D eigenvalue weighted by atomic mass is 35.5. The average molecular weight is 331 g/mol. The maximum absolute atomic E-state index is 12.7. The van der Waals surface area contributed by atoms with E-state index in [0.717, 1.165) is 6.20 Å². The van der Waals surface area contributed by atoms with Crippen LogP contribution in [0.15, 0.2) is 36.5 Å². The first-order chi connectivity index (χ1) is 10.3. The summed E-state index contributed by atoms with van der Waals surface area (Å²) in [5.74, 6) is -0.231. The third-order valence-corrected chi connectivity index (χ3v) is 3.04. The van der Waals surface area contributed by atoms with E-state index in [1.54, 1.807) is 18.2 Å². The van der Waals surface area contributed by atoms with Crippen molar-refractivity contribution in [1.29, 1.82) is 0 Å².